The third-order valence-electron chi connectivity index (χ3n) is 10.4. The quantitative estimate of drug-likeness (QED) is 0.310. The summed E-state index contributed by atoms with van der Waals surface area (Å²) in [5.74, 6) is -0.935. The molecular weight excluding hydrogens is 605 g/mol. The predicted octanol–water partition coefficient (Wildman–Crippen LogP) is 4.02. The second-order valence-electron chi connectivity index (χ2n) is 13.3. The van der Waals surface area contributed by atoms with E-state index >= 15 is 4.39 Å². The number of aryl methyl sites for hydroxylation is 1. The third-order valence-corrected chi connectivity index (χ3v) is 10.4. The van der Waals surface area contributed by atoms with E-state index in [1.165, 1.54) is 17.0 Å². The molecule has 13 heteroatoms. The number of nitrogens with zero attached hydrogens (tertiary/aromatic N) is 5. The highest BCUT2D eigenvalue weighted by molar-refractivity contribution is 6.16. The molecule has 0 radical (unpaired) electrons. The molecule has 2 aromatic carbocycles. The Morgan fingerprint density at radius 3 is 2.60 bits per heavy atom. The monoisotopic (exact) mass is 645 g/mol. The molecule has 0 aliphatic carbocycles. The highest BCUT2D eigenvalue weighted by atomic mass is 19.1. The van der Waals surface area contributed by atoms with Crippen LogP contribution in [0.5, 0.6) is 11.8 Å². The van der Waals surface area contributed by atoms with E-state index in [0.29, 0.717) is 65.9 Å². The Morgan fingerprint density at radius 2 is 1.89 bits per heavy atom. The molecule has 4 amide bonds. The fraction of sp³-hybridized carbons (Fsp3) is 0.500. The van der Waals surface area contributed by atoms with E-state index in [1.807, 2.05) is 11.8 Å². The van der Waals surface area contributed by atoms with Gasteiger partial charge < -0.3 is 25.0 Å². The van der Waals surface area contributed by atoms with E-state index in [0.717, 1.165) is 32.2 Å². The zero-order chi connectivity index (χ0) is 33.1. The number of likely N-dealkylation sites (tertiary alicyclic amines) is 1. The maximum atomic E-state index is 15.1. The van der Waals surface area contributed by atoms with Gasteiger partial charge in [0.2, 0.25) is 0 Å². The van der Waals surface area contributed by atoms with Gasteiger partial charge >= 0.3 is 12.0 Å². The van der Waals surface area contributed by atoms with Crippen LogP contribution in [0.15, 0.2) is 24.3 Å². The summed E-state index contributed by atoms with van der Waals surface area (Å²) in [7, 11) is 2.11. The highest BCUT2D eigenvalue weighted by Gasteiger charge is 2.50. The van der Waals surface area contributed by atoms with Crippen LogP contribution in [0.2, 0.25) is 0 Å². The summed E-state index contributed by atoms with van der Waals surface area (Å²) in [5.41, 5.74) is 0.208. The van der Waals surface area contributed by atoms with Crippen molar-refractivity contribution in [3.8, 4) is 11.8 Å². The van der Waals surface area contributed by atoms with Gasteiger partial charge in [0.15, 0.2) is 0 Å². The number of benzene rings is 2. The molecule has 5 heterocycles. The zero-order valence-corrected chi connectivity index (χ0v) is 27.0. The van der Waals surface area contributed by atoms with E-state index < -0.39 is 23.4 Å². The van der Waals surface area contributed by atoms with Gasteiger partial charge in [-0.05, 0) is 75.2 Å². The van der Waals surface area contributed by atoms with Crippen LogP contribution in [0.1, 0.15) is 74.0 Å². The molecule has 3 aromatic rings. The number of carbonyl (C=O) groups excluding carboxylic acids is 3. The van der Waals surface area contributed by atoms with Crippen molar-refractivity contribution >= 4 is 40.1 Å². The van der Waals surface area contributed by atoms with E-state index in [1.54, 1.807) is 12.1 Å². The number of carbonyl (C=O) groups is 3. The molecule has 12 nitrogen and oxygen atoms in total. The maximum Gasteiger partial charge on any atom is 0.322 e. The van der Waals surface area contributed by atoms with Crippen LogP contribution in [0.4, 0.5) is 20.7 Å². The van der Waals surface area contributed by atoms with Crippen molar-refractivity contribution in [2.45, 2.75) is 76.4 Å². The number of hydrogen-bond acceptors (Lipinski definition) is 9. The van der Waals surface area contributed by atoms with Crippen LogP contribution < -0.4 is 25.2 Å². The molecule has 1 spiro atoms. The first-order valence-corrected chi connectivity index (χ1v) is 16.5. The molecule has 7 rings (SSSR count). The van der Waals surface area contributed by atoms with E-state index in [9.17, 15) is 19.5 Å². The van der Waals surface area contributed by atoms with Crippen LogP contribution in [0.25, 0.3) is 10.8 Å². The first kappa shape index (κ1) is 31.1. The van der Waals surface area contributed by atoms with Crippen molar-refractivity contribution in [1.82, 2.24) is 25.5 Å². The van der Waals surface area contributed by atoms with Crippen molar-refractivity contribution in [3.05, 3.63) is 46.9 Å². The molecule has 2 unspecified atom stereocenters. The topological polar surface area (TPSA) is 140 Å². The van der Waals surface area contributed by atoms with Crippen LogP contribution in [0, 0.1) is 5.82 Å². The minimum Gasteiger partial charge on any atom is -0.508 e. The number of piperidine rings is 1. The fourth-order valence-corrected chi connectivity index (χ4v) is 8.04. The Labute approximate surface area is 272 Å². The summed E-state index contributed by atoms with van der Waals surface area (Å²) in [6, 6.07) is 5.59. The van der Waals surface area contributed by atoms with Gasteiger partial charge in [0.1, 0.15) is 35.1 Å². The Morgan fingerprint density at radius 1 is 1.09 bits per heavy atom. The highest BCUT2D eigenvalue weighted by Crippen LogP contribution is 2.42. The molecule has 3 fully saturated rings. The number of ether oxygens (including phenoxy) is 1. The second kappa shape index (κ2) is 11.6. The van der Waals surface area contributed by atoms with Crippen molar-refractivity contribution < 1.29 is 28.6 Å². The van der Waals surface area contributed by atoms with Crippen molar-refractivity contribution in [3.63, 3.8) is 0 Å². The second-order valence-corrected chi connectivity index (χ2v) is 13.3. The van der Waals surface area contributed by atoms with Gasteiger partial charge in [0, 0.05) is 18.0 Å². The van der Waals surface area contributed by atoms with Gasteiger partial charge in [0.25, 0.3) is 11.8 Å². The maximum absolute atomic E-state index is 15.1. The largest absolute Gasteiger partial charge is 0.508 e. The van der Waals surface area contributed by atoms with Crippen LogP contribution >= 0.6 is 0 Å². The molecule has 0 saturated carbocycles. The SMILES string of the molecule is CCCC1(COc2nc3c(c(N4CCCC5(C4)NC(=O)NC5=O)n2)C(=O)N(c2cc(O)cc4ccc(F)c(CC)c24)C3)CCCN1C. The predicted molar refractivity (Wildman–Crippen MR) is 173 cm³/mol. The molecule has 3 N–H and O–H groups in total. The number of rotatable bonds is 8. The molecule has 248 valence electrons. The van der Waals surface area contributed by atoms with Crippen molar-refractivity contribution in [2.75, 3.05) is 43.1 Å². The molecule has 3 saturated heterocycles. The van der Waals surface area contributed by atoms with E-state index in [-0.39, 0.29) is 41.8 Å². The summed E-state index contributed by atoms with van der Waals surface area (Å²) >= 11 is 0. The lowest BCUT2D eigenvalue weighted by atomic mass is 9.89. The average Bonchev–Trinajstić information content (AvgIpc) is 3.67. The van der Waals surface area contributed by atoms with E-state index in [4.69, 9.17) is 14.7 Å². The lowest BCUT2D eigenvalue weighted by Gasteiger charge is -2.39. The van der Waals surface area contributed by atoms with Gasteiger partial charge in [-0.25, -0.2) is 9.18 Å². The minimum absolute atomic E-state index is 0.0501. The number of imide groups is 1. The van der Waals surface area contributed by atoms with E-state index in [2.05, 4.69) is 29.5 Å². The molecule has 4 aliphatic heterocycles. The number of nitrogens with one attached hydrogen (secondary N) is 2. The summed E-state index contributed by atoms with van der Waals surface area (Å²) in [6.07, 6.45) is 5.42. The van der Waals surface area contributed by atoms with Crippen molar-refractivity contribution in [1.29, 1.82) is 0 Å². The number of fused-ring (bicyclic) bond motifs is 2. The average molecular weight is 646 g/mol. The van der Waals surface area contributed by atoms with Gasteiger partial charge in [0.05, 0.1) is 30.0 Å². The number of likely N-dealkylation sites (N-methyl/N-ethyl adjacent to an activating group) is 1. The molecule has 2 atom stereocenters. The standard InChI is InChI=1S/C34H40FN7O5/c1-4-10-33(11-6-13-40(33)3)19-47-32-36-24-17-42(25-16-21(43)15-20-8-9-23(35)22(5-2)26(20)25)29(44)27(24)28(37-32)41-14-7-12-34(18-41)30(45)38-31(46)39-34/h8-9,15-16,43H,4-7,10-14,17-19H2,1-3H3,(H2,38,39,45,46). The summed E-state index contributed by atoms with van der Waals surface area (Å²) < 4.78 is 21.4. The Balaban J connectivity index is 1.32. The number of phenolic OH excluding ortho intramolecular Hbond substituents is 1. The Bertz CT molecular complexity index is 1800. The number of urea groups is 1. The first-order valence-electron chi connectivity index (χ1n) is 16.5. The summed E-state index contributed by atoms with van der Waals surface area (Å²) in [6.45, 7) is 6.02. The molecular formula is C34H40FN7O5. The lowest BCUT2D eigenvalue weighted by Crippen LogP contribution is -2.59. The number of halogens is 1. The smallest absolute Gasteiger partial charge is 0.322 e. The molecule has 1 aromatic heterocycles. The van der Waals surface area contributed by atoms with Crippen molar-refractivity contribution in [2.24, 2.45) is 0 Å². The molecule has 47 heavy (non-hydrogen) atoms. The lowest BCUT2D eigenvalue weighted by molar-refractivity contribution is -0.124. The first-order chi connectivity index (χ1) is 22.6. The summed E-state index contributed by atoms with van der Waals surface area (Å²) in [5, 5.41) is 17.0. The number of anilines is 2. The van der Waals surface area contributed by atoms with Gasteiger partial charge in [-0.15, -0.1) is 0 Å². The summed E-state index contributed by atoms with van der Waals surface area (Å²) in [4.78, 5) is 54.8. The molecule has 4 aliphatic rings. The van der Waals surface area contributed by atoms with Crippen LogP contribution in [-0.4, -0.2) is 82.2 Å². The number of hydrogen-bond donors (Lipinski definition) is 3. The van der Waals surface area contributed by atoms with Crippen LogP contribution in [0.3, 0.4) is 0 Å². The van der Waals surface area contributed by atoms with Gasteiger partial charge in [-0.2, -0.15) is 9.97 Å². The van der Waals surface area contributed by atoms with Gasteiger partial charge in [-0.1, -0.05) is 26.3 Å². The molecule has 0 bridgehead atoms. The number of aromatic nitrogens is 2. The Kier molecular flexibility index (Phi) is 7.69. The number of phenols is 1. The minimum atomic E-state index is -1.15. The number of amides is 4. The van der Waals surface area contributed by atoms with Gasteiger partial charge in [-0.3, -0.25) is 19.8 Å². The Hall–Kier alpha value is -4.52. The van der Waals surface area contributed by atoms with Crippen LogP contribution in [-0.2, 0) is 17.8 Å². The fourth-order valence-electron chi connectivity index (χ4n) is 8.04. The zero-order valence-electron chi connectivity index (χ0n) is 27.0. The number of aromatic hydroxyl groups is 1. The normalized spacial score (nSPS) is 24.4. The third kappa shape index (κ3) is 5.11.